The molecular weight excluding hydrogens is 418 g/mol. The Balaban J connectivity index is 1.30. The average Bonchev–Trinajstić information content (AvgIpc) is 2.65. The quantitative estimate of drug-likeness (QED) is 0.648. The molecule has 7 nitrogen and oxygen atoms in total. The van der Waals surface area contributed by atoms with Crippen LogP contribution in [0.2, 0.25) is 0 Å². The second-order valence-electron chi connectivity index (χ2n) is 6.87. The van der Waals surface area contributed by atoms with Gasteiger partial charge in [0.25, 0.3) is 0 Å². The van der Waals surface area contributed by atoms with Crippen LogP contribution in [-0.4, -0.2) is 56.5 Å². The SMILES string of the molecule is O=C(ON1CC(=C2CN(S(=O)(=O)c3ccc(OC(F)F)cc3)C2)C1)c1ccccc1. The molecule has 0 bridgehead atoms. The van der Waals surface area contributed by atoms with Crippen LogP contribution in [0, 0.1) is 0 Å². The lowest BCUT2D eigenvalue weighted by molar-refractivity contribution is -0.124. The zero-order valence-corrected chi connectivity index (χ0v) is 16.5. The molecular formula is C20H18F2N2O5S. The van der Waals surface area contributed by atoms with Gasteiger partial charge in [0.1, 0.15) is 5.75 Å². The molecule has 0 saturated carbocycles. The lowest BCUT2D eigenvalue weighted by Crippen LogP contribution is -2.50. The molecule has 30 heavy (non-hydrogen) atoms. The van der Waals surface area contributed by atoms with Gasteiger partial charge in [0, 0.05) is 13.1 Å². The predicted molar refractivity (Wildman–Crippen MR) is 102 cm³/mol. The van der Waals surface area contributed by atoms with E-state index in [9.17, 15) is 22.0 Å². The Kier molecular flexibility index (Phi) is 5.54. The summed E-state index contributed by atoms with van der Waals surface area (Å²) in [5, 5.41) is 1.52. The van der Waals surface area contributed by atoms with E-state index in [4.69, 9.17) is 4.84 Å². The van der Waals surface area contributed by atoms with Crippen LogP contribution in [0.5, 0.6) is 5.75 Å². The standard InChI is InChI=1S/C20H18F2N2O5S/c21-20(22)28-17-6-8-18(9-7-17)30(26,27)24-12-16(13-24)15-10-23(11-15)29-19(25)14-4-2-1-3-5-14/h1-9,20H,10-13H2. The Labute approximate surface area is 172 Å². The number of carbonyl (C=O) groups excluding carboxylic acids is 1. The molecule has 2 aromatic rings. The van der Waals surface area contributed by atoms with Crippen molar-refractivity contribution in [2.24, 2.45) is 0 Å². The molecule has 2 aliphatic heterocycles. The highest BCUT2D eigenvalue weighted by Crippen LogP contribution is 2.31. The minimum Gasteiger partial charge on any atom is -0.435 e. The third-order valence-electron chi connectivity index (χ3n) is 4.88. The number of alkyl halides is 2. The van der Waals surface area contributed by atoms with Crippen LogP contribution in [-0.2, 0) is 14.9 Å². The van der Waals surface area contributed by atoms with Crippen molar-refractivity contribution < 1.29 is 31.6 Å². The van der Waals surface area contributed by atoms with Gasteiger partial charge in [0.2, 0.25) is 10.0 Å². The molecule has 2 fully saturated rings. The van der Waals surface area contributed by atoms with Crippen molar-refractivity contribution >= 4 is 16.0 Å². The maximum absolute atomic E-state index is 12.6. The third-order valence-corrected chi connectivity index (χ3v) is 6.68. The van der Waals surface area contributed by atoms with E-state index in [1.165, 1.54) is 33.6 Å². The zero-order chi connectivity index (χ0) is 21.3. The molecule has 10 heteroatoms. The first kappa shape index (κ1) is 20.5. The molecule has 0 N–H and O–H groups in total. The van der Waals surface area contributed by atoms with Gasteiger partial charge in [-0.05, 0) is 47.5 Å². The number of hydroxylamine groups is 2. The summed E-state index contributed by atoms with van der Waals surface area (Å²) in [5.41, 5.74) is 2.50. The molecule has 0 amide bonds. The van der Waals surface area contributed by atoms with Crippen LogP contribution in [0.25, 0.3) is 0 Å². The summed E-state index contributed by atoms with van der Waals surface area (Å²) in [5.74, 6) is -0.535. The highest BCUT2D eigenvalue weighted by molar-refractivity contribution is 7.89. The summed E-state index contributed by atoms with van der Waals surface area (Å²) in [6, 6.07) is 13.5. The van der Waals surface area contributed by atoms with E-state index in [0.29, 0.717) is 18.7 Å². The molecule has 0 atom stereocenters. The molecule has 2 aromatic carbocycles. The molecule has 0 aliphatic carbocycles. The maximum atomic E-state index is 12.6. The maximum Gasteiger partial charge on any atom is 0.387 e. The second kappa shape index (κ2) is 8.13. The molecule has 158 valence electrons. The van der Waals surface area contributed by atoms with Gasteiger partial charge in [0.05, 0.1) is 23.5 Å². The number of hydrogen-bond acceptors (Lipinski definition) is 6. The van der Waals surface area contributed by atoms with E-state index < -0.39 is 22.6 Å². The number of hydrogen-bond donors (Lipinski definition) is 0. The number of carbonyl (C=O) groups is 1. The van der Waals surface area contributed by atoms with Crippen LogP contribution >= 0.6 is 0 Å². The number of nitrogens with zero attached hydrogens (tertiary/aromatic N) is 2. The molecule has 2 heterocycles. The average molecular weight is 436 g/mol. The van der Waals surface area contributed by atoms with Crippen molar-refractivity contribution in [2.45, 2.75) is 11.5 Å². The molecule has 0 radical (unpaired) electrons. The van der Waals surface area contributed by atoms with Gasteiger partial charge in [-0.1, -0.05) is 18.2 Å². The number of rotatable bonds is 6. The number of ether oxygens (including phenoxy) is 1. The Morgan fingerprint density at radius 2 is 1.50 bits per heavy atom. The van der Waals surface area contributed by atoms with E-state index in [0.717, 1.165) is 11.1 Å². The zero-order valence-electron chi connectivity index (χ0n) is 15.7. The van der Waals surface area contributed by atoms with E-state index >= 15 is 0 Å². The molecule has 2 aliphatic rings. The Bertz CT molecular complexity index is 1060. The van der Waals surface area contributed by atoms with Gasteiger partial charge in [0.15, 0.2) is 0 Å². The number of halogens is 2. The molecule has 0 unspecified atom stereocenters. The van der Waals surface area contributed by atoms with E-state index in [-0.39, 0.29) is 23.7 Å². The molecule has 0 spiro atoms. The largest absolute Gasteiger partial charge is 0.435 e. The summed E-state index contributed by atoms with van der Waals surface area (Å²) in [4.78, 5) is 17.3. The second-order valence-corrected chi connectivity index (χ2v) is 8.81. The van der Waals surface area contributed by atoms with Crippen LogP contribution in [0.15, 0.2) is 70.6 Å². The fourth-order valence-corrected chi connectivity index (χ4v) is 4.56. The summed E-state index contributed by atoms with van der Waals surface area (Å²) >= 11 is 0. The van der Waals surface area contributed by atoms with Crippen molar-refractivity contribution in [1.29, 1.82) is 0 Å². The molecule has 0 aromatic heterocycles. The third kappa shape index (κ3) is 4.20. The van der Waals surface area contributed by atoms with Gasteiger partial charge < -0.3 is 9.57 Å². The Morgan fingerprint density at radius 1 is 0.900 bits per heavy atom. The Hall–Kier alpha value is -2.82. The highest BCUT2D eigenvalue weighted by atomic mass is 32.2. The first-order valence-electron chi connectivity index (χ1n) is 9.10. The first-order valence-corrected chi connectivity index (χ1v) is 10.5. The van der Waals surface area contributed by atoms with Crippen LogP contribution in [0.1, 0.15) is 10.4 Å². The van der Waals surface area contributed by atoms with Gasteiger partial charge in [-0.3, -0.25) is 0 Å². The topological polar surface area (TPSA) is 76.2 Å². The number of benzene rings is 2. The van der Waals surface area contributed by atoms with Crippen molar-refractivity contribution in [3.63, 3.8) is 0 Å². The highest BCUT2D eigenvalue weighted by Gasteiger charge is 2.37. The lowest BCUT2D eigenvalue weighted by Gasteiger charge is -2.40. The van der Waals surface area contributed by atoms with Crippen LogP contribution in [0.4, 0.5) is 8.78 Å². The van der Waals surface area contributed by atoms with Gasteiger partial charge in [-0.15, -0.1) is 5.06 Å². The van der Waals surface area contributed by atoms with Crippen molar-refractivity contribution in [3.05, 3.63) is 71.3 Å². The fraction of sp³-hybridized carbons (Fsp3) is 0.250. The van der Waals surface area contributed by atoms with Crippen molar-refractivity contribution in [1.82, 2.24) is 9.37 Å². The van der Waals surface area contributed by atoms with Gasteiger partial charge in [-0.25, -0.2) is 13.2 Å². The smallest absolute Gasteiger partial charge is 0.387 e. The van der Waals surface area contributed by atoms with Crippen molar-refractivity contribution in [3.8, 4) is 5.75 Å². The number of sulfonamides is 1. The Morgan fingerprint density at radius 3 is 2.10 bits per heavy atom. The predicted octanol–water partition coefficient (Wildman–Crippen LogP) is 2.68. The van der Waals surface area contributed by atoms with E-state index in [2.05, 4.69) is 4.74 Å². The van der Waals surface area contributed by atoms with Gasteiger partial charge in [-0.2, -0.15) is 13.1 Å². The monoisotopic (exact) mass is 436 g/mol. The van der Waals surface area contributed by atoms with Crippen molar-refractivity contribution in [2.75, 3.05) is 26.2 Å². The summed E-state index contributed by atoms with van der Waals surface area (Å²) in [7, 11) is -3.71. The fourth-order valence-electron chi connectivity index (χ4n) is 3.13. The van der Waals surface area contributed by atoms with E-state index in [1.54, 1.807) is 24.3 Å². The van der Waals surface area contributed by atoms with E-state index in [1.807, 2.05) is 6.07 Å². The summed E-state index contributed by atoms with van der Waals surface area (Å²) in [6.45, 7) is -1.56. The lowest BCUT2D eigenvalue weighted by atomic mass is 9.98. The first-order chi connectivity index (χ1) is 14.3. The summed E-state index contributed by atoms with van der Waals surface area (Å²) < 4.78 is 55.2. The minimum atomic E-state index is -3.71. The van der Waals surface area contributed by atoms with Crippen LogP contribution < -0.4 is 4.74 Å². The molecule has 4 rings (SSSR count). The minimum absolute atomic E-state index is 0.0141. The van der Waals surface area contributed by atoms with Gasteiger partial charge >= 0.3 is 12.6 Å². The summed E-state index contributed by atoms with van der Waals surface area (Å²) in [6.07, 6.45) is 0. The normalized spacial score (nSPS) is 17.4. The van der Waals surface area contributed by atoms with Crippen LogP contribution in [0.3, 0.4) is 0 Å². The molecule has 2 saturated heterocycles.